The Bertz CT molecular complexity index is 262. The summed E-state index contributed by atoms with van der Waals surface area (Å²) < 4.78 is 7.59. The normalized spacial score (nSPS) is 11.7. The highest BCUT2D eigenvalue weighted by Gasteiger charge is 2.35. The molecule has 0 aliphatic carbocycles. The minimum Gasteiger partial charge on any atom is -0.450 e. The molecule has 1 aromatic heterocycles. The van der Waals surface area contributed by atoms with Crippen molar-refractivity contribution in [3.63, 3.8) is 0 Å². The molecule has 3 nitrogen and oxygen atoms in total. The average molecular weight is 226 g/mol. The lowest BCUT2D eigenvalue weighted by molar-refractivity contribution is 0.558. The zero-order valence-corrected chi connectivity index (χ0v) is 11.3. The average Bonchev–Trinajstić information content (AvgIpc) is 2.79. The van der Waals surface area contributed by atoms with Crippen LogP contribution in [0.4, 0.5) is 5.82 Å². The molecule has 0 unspecified atom stereocenters. The molecular weight excluding hydrogens is 204 g/mol. The van der Waals surface area contributed by atoms with E-state index in [1.54, 1.807) is 6.26 Å². The molecule has 0 bridgehead atoms. The van der Waals surface area contributed by atoms with E-state index < -0.39 is 8.24 Å². The van der Waals surface area contributed by atoms with Crippen LogP contribution in [-0.2, 0) is 0 Å². The lowest BCUT2D eigenvalue weighted by Gasteiger charge is -2.40. The predicted molar refractivity (Wildman–Crippen MR) is 66.7 cm³/mol. The quantitative estimate of drug-likeness (QED) is 0.695. The van der Waals surface area contributed by atoms with Gasteiger partial charge in [-0.3, -0.25) is 0 Å². The molecule has 0 fully saturated rings. The van der Waals surface area contributed by atoms with Crippen LogP contribution < -0.4 is 4.57 Å². The van der Waals surface area contributed by atoms with Gasteiger partial charge in [-0.05, 0) is 25.1 Å². The van der Waals surface area contributed by atoms with E-state index in [1.807, 2.05) is 0 Å². The molecule has 0 saturated carbocycles. The van der Waals surface area contributed by atoms with Crippen LogP contribution in [0.25, 0.3) is 0 Å². The first-order valence-corrected chi connectivity index (χ1v) is 8.46. The van der Waals surface area contributed by atoms with Gasteiger partial charge in [0.25, 0.3) is 0 Å². The Labute approximate surface area is 93.6 Å². The third-order valence-corrected chi connectivity index (χ3v) is 9.20. The van der Waals surface area contributed by atoms with Crippen molar-refractivity contribution in [1.29, 1.82) is 0 Å². The molecule has 0 aromatic carbocycles. The van der Waals surface area contributed by atoms with E-state index in [0.29, 0.717) is 0 Å². The van der Waals surface area contributed by atoms with Crippen molar-refractivity contribution in [2.45, 2.75) is 45.8 Å². The van der Waals surface area contributed by atoms with Gasteiger partial charge in [0.15, 0.2) is 20.4 Å². The second-order valence-electron chi connectivity index (χ2n) is 3.88. The summed E-state index contributed by atoms with van der Waals surface area (Å²) >= 11 is 0. The standard InChI is InChI=1S/C11H22N2OSi/c1-5-13(11-9-14-10-12-11)15(6-2,7-3)8-4/h9-10H,5-8H2,1-4H3. The Balaban J connectivity index is 2.98. The molecule has 4 heteroatoms. The highest BCUT2D eigenvalue weighted by Crippen LogP contribution is 2.28. The molecule has 0 N–H and O–H groups in total. The Morgan fingerprint density at radius 2 is 1.80 bits per heavy atom. The van der Waals surface area contributed by atoms with Crippen molar-refractivity contribution in [3.8, 4) is 0 Å². The third-order valence-electron chi connectivity index (χ3n) is 3.56. The first-order chi connectivity index (χ1) is 7.24. The van der Waals surface area contributed by atoms with Crippen LogP contribution in [0.3, 0.4) is 0 Å². The lowest BCUT2D eigenvalue weighted by atomic mass is 10.7. The monoisotopic (exact) mass is 226 g/mol. The molecule has 1 rings (SSSR count). The molecule has 0 radical (unpaired) electrons. The van der Waals surface area contributed by atoms with Crippen molar-refractivity contribution < 1.29 is 4.42 Å². The number of hydrogen-bond donors (Lipinski definition) is 0. The Kier molecular flexibility index (Phi) is 4.39. The van der Waals surface area contributed by atoms with Gasteiger partial charge in [-0.25, -0.2) is 4.98 Å². The van der Waals surface area contributed by atoms with Gasteiger partial charge in [0.05, 0.1) is 0 Å². The number of aromatic nitrogens is 1. The highest BCUT2D eigenvalue weighted by atomic mass is 28.3. The number of oxazole rings is 1. The molecule has 1 aromatic rings. The summed E-state index contributed by atoms with van der Waals surface area (Å²) in [5.74, 6) is 1.02. The van der Waals surface area contributed by atoms with Gasteiger partial charge in [-0.1, -0.05) is 20.8 Å². The van der Waals surface area contributed by atoms with Gasteiger partial charge in [0.1, 0.15) is 6.26 Å². The Morgan fingerprint density at radius 1 is 1.20 bits per heavy atom. The van der Waals surface area contributed by atoms with Gasteiger partial charge in [0, 0.05) is 6.54 Å². The predicted octanol–water partition coefficient (Wildman–Crippen LogP) is 3.51. The third kappa shape index (κ3) is 2.25. The van der Waals surface area contributed by atoms with Crippen LogP contribution >= 0.6 is 0 Å². The zero-order chi connectivity index (χ0) is 11.3. The maximum atomic E-state index is 5.10. The van der Waals surface area contributed by atoms with Gasteiger partial charge in [-0.15, -0.1) is 0 Å². The fraction of sp³-hybridized carbons (Fsp3) is 0.727. The van der Waals surface area contributed by atoms with Gasteiger partial charge < -0.3 is 8.98 Å². The maximum Gasteiger partial charge on any atom is 0.182 e. The second-order valence-corrected chi connectivity index (χ2v) is 8.99. The Hall–Kier alpha value is -0.773. The van der Waals surface area contributed by atoms with E-state index in [2.05, 4.69) is 37.2 Å². The number of anilines is 1. The number of hydrogen-bond acceptors (Lipinski definition) is 3. The molecule has 0 saturated heterocycles. The van der Waals surface area contributed by atoms with Gasteiger partial charge >= 0.3 is 0 Å². The highest BCUT2D eigenvalue weighted by molar-refractivity contribution is 6.83. The van der Waals surface area contributed by atoms with E-state index in [-0.39, 0.29) is 0 Å². The number of rotatable bonds is 6. The molecule has 0 spiro atoms. The first kappa shape index (κ1) is 12.3. The SMILES string of the molecule is CCN(c1cocn1)[Si](CC)(CC)CC. The minimum absolute atomic E-state index is 1.02. The van der Waals surface area contributed by atoms with Crippen LogP contribution in [0.5, 0.6) is 0 Å². The van der Waals surface area contributed by atoms with Crippen molar-refractivity contribution in [1.82, 2.24) is 4.98 Å². The summed E-state index contributed by atoms with van der Waals surface area (Å²) in [7, 11) is -1.34. The van der Waals surface area contributed by atoms with Crippen LogP contribution in [0.15, 0.2) is 17.1 Å². The van der Waals surface area contributed by atoms with Gasteiger partial charge in [-0.2, -0.15) is 0 Å². The van der Waals surface area contributed by atoms with Crippen LogP contribution in [-0.4, -0.2) is 19.8 Å². The number of nitrogens with zero attached hydrogens (tertiary/aromatic N) is 2. The van der Waals surface area contributed by atoms with E-state index in [1.165, 1.54) is 24.5 Å². The maximum absolute atomic E-state index is 5.10. The van der Waals surface area contributed by atoms with E-state index in [4.69, 9.17) is 4.42 Å². The summed E-state index contributed by atoms with van der Waals surface area (Å²) in [5, 5.41) is 0. The van der Waals surface area contributed by atoms with Crippen LogP contribution in [0, 0.1) is 0 Å². The van der Waals surface area contributed by atoms with Crippen molar-refractivity contribution in [2.75, 3.05) is 11.1 Å². The van der Waals surface area contributed by atoms with Crippen LogP contribution in [0.1, 0.15) is 27.7 Å². The minimum atomic E-state index is -1.34. The summed E-state index contributed by atoms with van der Waals surface area (Å²) in [5.41, 5.74) is 0. The molecule has 0 amide bonds. The fourth-order valence-electron chi connectivity index (χ4n) is 2.40. The van der Waals surface area contributed by atoms with Crippen molar-refractivity contribution >= 4 is 14.1 Å². The van der Waals surface area contributed by atoms with E-state index >= 15 is 0 Å². The van der Waals surface area contributed by atoms with Crippen molar-refractivity contribution in [3.05, 3.63) is 12.7 Å². The lowest BCUT2D eigenvalue weighted by Crippen LogP contribution is -2.52. The molecule has 1 heterocycles. The fourth-order valence-corrected chi connectivity index (χ4v) is 6.31. The van der Waals surface area contributed by atoms with E-state index in [9.17, 15) is 0 Å². The summed E-state index contributed by atoms with van der Waals surface area (Å²) in [6, 6.07) is 3.84. The van der Waals surface area contributed by atoms with Crippen molar-refractivity contribution in [2.24, 2.45) is 0 Å². The molecule has 86 valence electrons. The smallest absolute Gasteiger partial charge is 0.182 e. The molecular formula is C11H22N2OSi. The van der Waals surface area contributed by atoms with Crippen LogP contribution in [0.2, 0.25) is 18.1 Å². The molecule has 0 aliphatic rings. The zero-order valence-electron chi connectivity index (χ0n) is 10.3. The second kappa shape index (κ2) is 5.35. The largest absolute Gasteiger partial charge is 0.450 e. The summed E-state index contributed by atoms with van der Waals surface area (Å²) in [6.45, 7) is 10.2. The Morgan fingerprint density at radius 3 is 2.13 bits per heavy atom. The topological polar surface area (TPSA) is 29.3 Å². The molecule has 0 aliphatic heterocycles. The van der Waals surface area contributed by atoms with Gasteiger partial charge in [0.2, 0.25) is 0 Å². The molecule has 0 atom stereocenters. The van der Waals surface area contributed by atoms with E-state index in [0.717, 1.165) is 12.4 Å². The summed E-state index contributed by atoms with van der Waals surface area (Å²) in [6.07, 6.45) is 3.30. The summed E-state index contributed by atoms with van der Waals surface area (Å²) in [4.78, 5) is 4.29. The first-order valence-electron chi connectivity index (χ1n) is 5.89. The molecule has 15 heavy (non-hydrogen) atoms.